The quantitative estimate of drug-likeness (QED) is 0.335. The molecule has 1 amide bonds. The van der Waals surface area contributed by atoms with Gasteiger partial charge >= 0.3 is 0 Å². The van der Waals surface area contributed by atoms with Crippen molar-refractivity contribution in [3.63, 3.8) is 0 Å². The van der Waals surface area contributed by atoms with Gasteiger partial charge in [0, 0.05) is 23.5 Å². The van der Waals surface area contributed by atoms with E-state index in [1.165, 1.54) is 34.4 Å². The third-order valence-electron chi connectivity index (χ3n) is 5.53. The molecule has 8 heteroatoms. The van der Waals surface area contributed by atoms with Gasteiger partial charge in [-0.05, 0) is 38.7 Å². The number of thiazole rings is 1. The summed E-state index contributed by atoms with van der Waals surface area (Å²) in [4.78, 5) is 34.6. The number of ketones is 1. The molecule has 1 aliphatic rings. The Bertz CT molecular complexity index is 1240. The molecule has 1 atom stereocenters. The van der Waals surface area contributed by atoms with Gasteiger partial charge in [-0.15, -0.1) is 11.3 Å². The molecule has 0 radical (unpaired) electrons. The third kappa shape index (κ3) is 4.44. The van der Waals surface area contributed by atoms with E-state index in [1.807, 2.05) is 49.3 Å². The third-order valence-corrected chi connectivity index (χ3v) is 6.55. The number of nitrogens with zero attached hydrogens (tertiary/aromatic N) is 3. The number of aliphatic hydroxyl groups is 1. The predicted molar refractivity (Wildman–Crippen MR) is 126 cm³/mol. The second-order valence-electron chi connectivity index (χ2n) is 8.14. The summed E-state index contributed by atoms with van der Waals surface area (Å²) in [6.45, 7) is 2.56. The van der Waals surface area contributed by atoms with Crippen molar-refractivity contribution in [2.45, 2.75) is 13.0 Å². The number of carbonyl (C=O) groups excluding carboxylic acids is 2. The van der Waals surface area contributed by atoms with Crippen LogP contribution in [0.1, 0.15) is 22.2 Å². The highest BCUT2D eigenvalue weighted by molar-refractivity contribution is 7.15. The summed E-state index contributed by atoms with van der Waals surface area (Å²) in [5.74, 6) is -2.34. The summed E-state index contributed by atoms with van der Waals surface area (Å²) in [6, 6.07) is 14.4. The van der Waals surface area contributed by atoms with E-state index in [-0.39, 0.29) is 23.6 Å². The van der Waals surface area contributed by atoms with Gasteiger partial charge in [0.15, 0.2) is 5.76 Å². The Morgan fingerprint density at radius 1 is 1.15 bits per heavy atom. The SMILES string of the molecule is Cc1sc(-c2ccccc2)nc1C(O)=C1C(=O)C(=O)N(CCN(C)C)[C@H]1c1cccc(F)c1. The number of amides is 1. The number of carbonyl (C=O) groups is 2. The largest absolute Gasteiger partial charge is 0.505 e. The number of rotatable bonds is 6. The van der Waals surface area contributed by atoms with Crippen LogP contribution in [0.5, 0.6) is 0 Å². The van der Waals surface area contributed by atoms with Crippen LogP contribution in [0.2, 0.25) is 0 Å². The number of aromatic nitrogens is 1. The van der Waals surface area contributed by atoms with Gasteiger partial charge < -0.3 is 14.9 Å². The van der Waals surface area contributed by atoms with E-state index in [9.17, 15) is 19.1 Å². The van der Waals surface area contributed by atoms with Crippen molar-refractivity contribution in [1.82, 2.24) is 14.8 Å². The molecule has 0 aliphatic carbocycles. The van der Waals surface area contributed by atoms with Gasteiger partial charge in [0.1, 0.15) is 16.5 Å². The topological polar surface area (TPSA) is 73.7 Å². The number of benzene rings is 2. The van der Waals surface area contributed by atoms with Crippen LogP contribution in [0.3, 0.4) is 0 Å². The monoisotopic (exact) mass is 465 g/mol. The molecule has 2 heterocycles. The molecule has 4 rings (SSSR count). The zero-order chi connectivity index (χ0) is 23.7. The van der Waals surface area contributed by atoms with Gasteiger partial charge in [-0.2, -0.15) is 0 Å². The molecule has 1 fully saturated rings. The molecular formula is C25H24FN3O3S. The van der Waals surface area contributed by atoms with Crippen LogP contribution >= 0.6 is 11.3 Å². The first-order chi connectivity index (χ1) is 15.8. The molecule has 3 aromatic rings. The number of hydrogen-bond acceptors (Lipinski definition) is 6. The number of Topliss-reactive ketones (excluding diaryl/α,β-unsaturated/α-hetero) is 1. The van der Waals surface area contributed by atoms with Crippen molar-refractivity contribution >= 4 is 28.8 Å². The highest BCUT2D eigenvalue weighted by atomic mass is 32.1. The minimum atomic E-state index is -0.901. The van der Waals surface area contributed by atoms with Crippen molar-refractivity contribution in [1.29, 1.82) is 0 Å². The van der Waals surface area contributed by atoms with E-state index in [0.717, 1.165) is 5.56 Å². The maximum atomic E-state index is 14.1. The molecule has 0 unspecified atom stereocenters. The maximum Gasteiger partial charge on any atom is 0.295 e. The van der Waals surface area contributed by atoms with Crippen molar-refractivity contribution in [3.8, 4) is 10.6 Å². The van der Waals surface area contributed by atoms with Gasteiger partial charge in [-0.25, -0.2) is 9.37 Å². The molecule has 6 nitrogen and oxygen atoms in total. The summed E-state index contributed by atoms with van der Waals surface area (Å²) in [6.07, 6.45) is 0. The summed E-state index contributed by atoms with van der Waals surface area (Å²) in [5, 5.41) is 12.0. The first-order valence-corrected chi connectivity index (χ1v) is 11.3. The normalized spacial score (nSPS) is 17.8. The fraction of sp³-hybridized carbons (Fsp3) is 0.240. The van der Waals surface area contributed by atoms with Gasteiger partial charge in [0.05, 0.1) is 11.6 Å². The van der Waals surface area contributed by atoms with Crippen LogP contribution in [0.4, 0.5) is 4.39 Å². The van der Waals surface area contributed by atoms with Crippen LogP contribution in [0.15, 0.2) is 60.2 Å². The zero-order valence-electron chi connectivity index (χ0n) is 18.6. The lowest BCUT2D eigenvalue weighted by molar-refractivity contribution is -0.140. The van der Waals surface area contributed by atoms with Crippen molar-refractivity contribution in [3.05, 3.63) is 82.1 Å². The molecule has 170 valence electrons. The van der Waals surface area contributed by atoms with Crippen molar-refractivity contribution in [2.24, 2.45) is 0 Å². The zero-order valence-corrected chi connectivity index (χ0v) is 19.4. The fourth-order valence-corrected chi connectivity index (χ4v) is 4.81. The van der Waals surface area contributed by atoms with E-state index < -0.39 is 23.5 Å². The van der Waals surface area contributed by atoms with E-state index in [0.29, 0.717) is 22.0 Å². The summed E-state index contributed by atoms with van der Waals surface area (Å²) >= 11 is 1.39. The second kappa shape index (κ2) is 9.25. The minimum Gasteiger partial charge on any atom is -0.505 e. The van der Waals surface area contributed by atoms with Crippen molar-refractivity contribution in [2.75, 3.05) is 27.2 Å². The average Bonchev–Trinajstić information content (AvgIpc) is 3.30. The summed E-state index contributed by atoms with van der Waals surface area (Å²) < 4.78 is 14.1. The highest BCUT2D eigenvalue weighted by Crippen LogP contribution is 2.41. The first-order valence-electron chi connectivity index (χ1n) is 10.5. The van der Waals surface area contributed by atoms with Crippen LogP contribution in [-0.4, -0.2) is 58.8 Å². The molecule has 0 saturated carbocycles. The van der Waals surface area contributed by atoms with Gasteiger partial charge in [-0.1, -0.05) is 42.5 Å². The summed E-state index contributed by atoms with van der Waals surface area (Å²) in [5.41, 5.74) is 1.49. The smallest absolute Gasteiger partial charge is 0.295 e. The Hall–Kier alpha value is -3.36. The van der Waals surface area contributed by atoms with Crippen LogP contribution < -0.4 is 0 Å². The molecule has 0 bridgehead atoms. The Morgan fingerprint density at radius 2 is 1.88 bits per heavy atom. The summed E-state index contributed by atoms with van der Waals surface area (Å²) in [7, 11) is 3.72. The van der Waals surface area contributed by atoms with E-state index >= 15 is 0 Å². The van der Waals surface area contributed by atoms with Gasteiger partial charge in [-0.3, -0.25) is 9.59 Å². The van der Waals surface area contributed by atoms with E-state index in [1.54, 1.807) is 13.0 Å². The fourth-order valence-electron chi connectivity index (χ4n) is 3.89. The number of likely N-dealkylation sites (tertiary alicyclic amines) is 1. The molecule has 1 aromatic heterocycles. The average molecular weight is 466 g/mol. The lowest BCUT2D eigenvalue weighted by Crippen LogP contribution is -2.35. The van der Waals surface area contributed by atoms with Crippen LogP contribution in [0.25, 0.3) is 16.3 Å². The Balaban J connectivity index is 1.85. The molecular weight excluding hydrogens is 441 g/mol. The number of halogens is 1. The molecule has 0 spiro atoms. The number of likely N-dealkylation sites (N-methyl/N-ethyl adjacent to an activating group) is 1. The minimum absolute atomic E-state index is 0.0719. The van der Waals surface area contributed by atoms with Gasteiger partial charge in [0.2, 0.25) is 0 Å². The molecule has 1 N–H and O–H groups in total. The van der Waals surface area contributed by atoms with Crippen molar-refractivity contribution < 1.29 is 19.1 Å². The standard InChI is InChI=1S/C25H24FN3O3S/c1-15-20(27-24(33-15)16-8-5-4-6-9-16)22(30)19-21(17-10-7-11-18(26)14-17)29(13-12-28(2)3)25(32)23(19)31/h4-11,14,21,30H,12-13H2,1-3H3/t21-/m0/s1. The lowest BCUT2D eigenvalue weighted by Gasteiger charge is -2.26. The Kier molecular flexibility index (Phi) is 6.40. The lowest BCUT2D eigenvalue weighted by atomic mass is 9.96. The molecule has 1 saturated heterocycles. The number of aliphatic hydroxyl groups excluding tert-OH is 1. The second-order valence-corrected chi connectivity index (χ2v) is 9.34. The Morgan fingerprint density at radius 3 is 2.55 bits per heavy atom. The Labute approximate surface area is 195 Å². The number of aryl methyl sites for hydroxylation is 1. The van der Waals surface area contributed by atoms with E-state index in [2.05, 4.69) is 4.98 Å². The predicted octanol–water partition coefficient (Wildman–Crippen LogP) is 4.24. The maximum absolute atomic E-state index is 14.1. The number of hydrogen-bond donors (Lipinski definition) is 1. The first kappa shape index (κ1) is 22.8. The molecule has 2 aromatic carbocycles. The van der Waals surface area contributed by atoms with Crippen LogP contribution in [-0.2, 0) is 9.59 Å². The van der Waals surface area contributed by atoms with E-state index in [4.69, 9.17) is 0 Å². The van der Waals surface area contributed by atoms with Gasteiger partial charge in [0.25, 0.3) is 11.7 Å². The highest BCUT2D eigenvalue weighted by Gasteiger charge is 2.46. The molecule has 33 heavy (non-hydrogen) atoms. The molecule has 1 aliphatic heterocycles. The van der Waals surface area contributed by atoms with Crippen LogP contribution in [0, 0.1) is 12.7 Å².